The molecule has 2 aromatic rings. The van der Waals surface area contributed by atoms with Crippen molar-refractivity contribution in [3.05, 3.63) is 50.4 Å². The summed E-state index contributed by atoms with van der Waals surface area (Å²) in [7, 11) is -4.15. The quantitative estimate of drug-likeness (QED) is 0.492. The van der Waals surface area contributed by atoms with E-state index in [1.54, 1.807) is 24.3 Å². The Labute approximate surface area is 157 Å². The van der Waals surface area contributed by atoms with Gasteiger partial charge in [-0.25, -0.2) is 0 Å². The van der Waals surface area contributed by atoms with Crippen molar-refractivity contribution in [2.24, 2.45) is 0 Å². The summed E-state index contributed by atoms with van der Waals surface area (Å²) >= 11 is 6.67. The van der Waals surface area contributed by atoms with Crippen LogP contribution in [0.3, 0.4) is 0 Å². The molecule has 0 saturated heterocycles. The molecule has 0 amide bonds. The number of rotatable bonds is 5. The van der Waals surface area contributed by atoms with Gasteiger partial charge in [0.1, 0.15) is 0 Å². The van der Waals surface area contributed by atoms with Crippen LogP contribution in [-0.2, 0) is 10.7 Å². The van der Waals surface area contributed by atoms with Crippen molar-refractivity contribution in [2.75, 3.05) is 0 Å². The summed E-state index contributed by atoms with van der Waals surface area (Å²) in [5.74, 6) is 1.02. The van der Waals surface area contributed by atoms with Crippen molar-refractivity contribution in [1.82, 2.24) is 0 Å². The van der Waals surface area contributed by atoms with Gasteiger partial charge in [-0.2, -0.15) is 0 Å². The van der Waals surface area contributed by atoms with Crippen molar-refractivity contribution in [3.63, 3.8) is 0 Å². The van der Waals surface area contributed by atoms with Crippen LogP contribution in [0.4, 0.5) is 0 Å². The average molecular weight is 480 g/mol. The van der Waals surface area contributed by atoms with Gasteiger partial charge in [0.2, 0.25) is 0 Å². The van der Waals surface area contributed by atoms with Gasteiger partial charge in [-0.1, -0.05) is 19.9 Å². The molecule has 0 aliphatic carbocycles. The second-order valence-corrected chi connectivity index (χ2v) is 9.05. The Balaban J connectivity index is 2.32. The minimum Gasteiger partial charge on any atom is -0.504 e. The summed E-state index contributed by atoms with van der Waals surface area (Å²) in [5.41, 5.74) is 1.46. The number of phenols is 1. The maximum atomic E-state index is 11.1. The summed E-state index contributed by atoms with van der Waals surface area (Å²) in [6.07, 6.45) is -0.362. The molecule has 2 rings (SSSR count). The molecule has 0 atom stereocenters. The zero-order valence-corrected chi connectivity index (χ0v) is 17.1. The van der Waals surface area contributed by atoms with Crippen LogP contribution in [0.2, 0.25) is 0 Å². The monoisotopic (exact) mass is 478 g/mol. The van der Waals surface area contributed by atoms with Gasteiger partial charge in [0.25, 0.3) is 0 Å². The van der Waals surface area contributed by atoms with Gasteiger partial charge in [-0.3, -0.25) is 4.57 Å². The molecule has 0 heterocycles. The summed E-state index contributed by atoms with van der Waals surface area (Å²) < 4.78 is 17.9. The first-order chi connectivity index (χ1) is 11.1. The molecular formula is C16H17Br2O5P. The molecule has 0 radical (unpaired) electrons. The smallest absolute Gasteiger partial charge is 0.329 e. The number of hydrogen-bond acceptors (Lipinski definition) is 3. The van der Waals surface area contributed by atoms with Gasteiger partial charge in [0.05, 0.1) is 15.1 Å². The zero-order valence-electron chi connectivity index (χ0n) is 13.0. The van der Waals surface area contributed by atoms with E-state index in [-0.39, 0.29) is 17.8 Å². The Morgan fingerprint density at radius 2 is 1.71 bits per heavy atom. The summed E-state index contributed by atoms with van der Waals surface area (Å²) in [4.78, 5) is 18.2. The fraction of sp³-hybridized carbons (Fsp3) is 0.250. The maximum Gasteiger partial charge on any atom is 0.329 e. The highest BCUT2D eigenvalue weighted by Crippen LogP contribution is 2.44. The van der Waals surface area contributed by atoms with Crippen LogP contribution in [-0.4, -0.2) is 14.9 Å². The molecule has 5 nitrogen and oxygen atoms in total. The Morgan fingerprint density at radius 1 is 1.12 bits per heavy atom. The number of aromatic hydroxyl groups is 1. The van der Waals surface area contributed by atoms with Gasteiger partial charge < -0.3 is 19.6 Å². The lowest BCUT2D eigenvalue weighted by Gasteiger charge is -2.14. The lowest BCUT2D eigenvalue weighted by molar-refractivity contribution is 0.371. The maximum absolute atomic E-state index is 11.1. The Bertz CT molecular complexity index is 778. The van der Waals surface area contributed by atoms with E-state index in [2.05, 4.69) is 31.9 Å². The minimum atomic E-state index is -4.15. The fourth-order valence-corrected chi connectivity index (χ4v) is 4.23. The van der Waals surface area contributed by atoms with Crippen LogP contribution in [0.25, 0.3) is 0 Å². The number of ether oxygens (including phenoxy) is 1. The molecule has 2 aromatic carbocycles. The number of halogens is 2. The van der Waals surface area contributed by atoms with E-state index >= 15 is 0 Å². The van der Waals surface area contributed by atoms with Crippen LogP contribution in [0.15, 0.2) is 39.3 Å². The lowest BCUT2D eigenvalue weighted by Crippen LogP contribution is -1.93. The highest BCUT2D eigenvalue weighted by Gasteiger charge is 2.18. The summed E-state index contributed by atoms with van der Waals surface area (Å²) in [6, 6.07) is 8.39. The van der Waals surface area contributed by atoms with Crippen LogP contribution >= 0.6 is 39.5 Å². The second-order valence-electron chi connectivity index (χ2n) is 5.70. The van der Waals surface area contributed by atoms with Crippen molar-refractivity contribution < 1.29 is 24.2 Å². The third kappa shape index (κ3) is 5.07. The molecule has 0 fully saturated rings. The standard InChI is InChI=1S/C16H17Br2O5P/c1-9(2)11-3-4-15(14(19)7-11)23-16-12(17)5-10(6-13(16)18)8-24(20,21)22/h3-7,9,19H,8H2,1-2H3,(H2,20,21,22). The van der Waals surface area contributed by atoms with Crippen molar-refractivity contribution in [3.8, 4) is 17.2 Å². The largest absolute Gasteiger partial charge is 0.504 e. The van der Waals surface area contributed by atoms with E-state index in [0.29, 0.717) is 26.0 Å². The van der Waals surface area contributed by atoms with E-state index < -0.39 is 7.60 Å². The molecular weight excluding hydrogens is 463 g/mol. The molecule has 0 unspecified atom stereocenters. The van der Waals surface area contributed by atoms with Crippen LogP contribution in [0.1, 0.15) is 30.9 Å². The highest BCUT2D eigenvalue weighted by atomic mass is 79.9. The van der Waals surface area contributed by atoms with Crippen LogP contribution in [0, 0.1) is 0 Å². The normalized spacial score (nSPS) is 11.8. The van der Waals surface area contributed by atoms with E-state index in [1.807, 2.05) is 19.9 Å². The topological polar surface area (TPSA) is 87.0 Å². The summed E-state index contributed by atoms with van der Waals surface area (Å²) in [6.45, 7) is 4.06. The Kier molecular flexibility index (Phi) is 6.15. The third-order valence-electron chi connectivity index (χ3n) is 3.31. The molecule has 0 spiro atoms. The van der Waals surface area contributed by atoms with Crippen LogP contribution < -0.4 is 4.74 Å². The van der Waals surface area contributed by atoms with Gasteiger partial charge in [0, 0.05) is 0 Å². The van der Waals surface area contributed by atoms with Crippen LogP contribution in [0.5, 0.6) is 17.2 Å². The molecule has 24 heavy (non-hydrogen) atoms. The molecule has 0 aliphatic rings. The highest BCUT2D eigenvalue weighted by molar-refractivity contribution is 9.11. The molecule has 3 N–H and O–H groups in total. The van der Waals surface area contributed by atoms with E-state index in [9.17, 15) is 9.67 Å². The molecule has 0 saturated carbocycles. The first-order valence-electron chi connectivity index (χ1n) is 7.10. The second kappa shape index (κ2) is 7.58. The first kappa shape index (κ1) is 19.5. The van der Waals surface area contributed by atoms with E-state index in [1.165, 1.54) is 0 Å². The van der Waals surface area contributed by atoms with E-state index in [0.717, 1.165) is 5.56 Å². The molecule has 0 bridgehead atoms. The predicted molar refractivity (Wildman–Crippen MR) is 99.9 cm³/mol. The SMILES string of the molecule is CC(C)c1ccc(Oc2c(Br)cc(CP(=O)(O)O)cc2Br)c(O)c1. The molecule has 0 aromatic heterocycles. The third-order valence-corrected chi connectivity index (χ3v) is 5.26. The van der Waals surface area contributed by atoms with Crippen molar-refractivity contribution in [1.29, 1.82) is 0 Å². The average Bonchev–Trinajstić information content (AvgIpc) is 2.42. The Morgan fingerprint density at radius 3 is 2.17 bits per heavy atom. The van der Waals surface area contributed by atoms with Crippen molar-refractivity contribution >= 4 is 39.5 Å². The zero-order chi connectivity index (χ0) is 18.1. The van der Waals surface area contributed by atoms with Gasteiger partial charge in [-0.05, 0) is 73.2 Å². The van der Waals surface area contributed by atoms with Gasteiger partial charge in [0.15, 0.2) is 17.2 Å². The number of hydrogen-bond donors (Lipinski definition) is 3. The molecule has 8 heteroatoms. The van der Waals surface area contributed by atoms with Crippen molar-refractivity contribution in [2.45, 2.75) is 25.9 Å². The first-order valence-corrected chi connectivity index (χ1v) is 10.5. The Hall–Kier alpha value is -0.850. The van der Waals surface area contributed by atoms with Gasteiger partial charge >= 0.3 is 7.60 Å². The van der Waals surface area contributed by atoms with Gasteiger partial charge in [-0.15, -0.1) is 0 Å². The lowest BCUT2D eigenvalue weighted by atomic mass is 10.0. The summed E-state index contributed by atoms with van der Waals surface area (Å²) in [5, 5.41) is 10.1. The number of phenolic OH excluding ortho intramolecular Hbond substituents is 1. The fourth-order valence-electron chi connectivity index (χ4n) is 2.13. The molecule has 130 valence electrons. The number of benzene rings is 2. The predicted octanol–water partition coefficient (Wildman–Crippen LogP) is 5.51. The molecule has 0 aliphatic heterocycles. The minimum absolute atomic E-state index is 0.0271. The van der Waals surface area contributed by atoms with E-state index in [4.69, 9.17) is 14.5 Å².